The number of piperidine rings is 1. The average molecular weight is 354 g/mol. The zero-order valence-corrected chi connectivity index (χ0v) is 16.3. The van der Waals surface area contributed by atoms with E-state index in [1.54, 1.807) is 0 Å². The molecule has 3 rings (SSSR count). The van der Waals surface area contributed by atoms with Gasteiger partial charge in [0, 0.05) is 18.2 Å². The topological polar surface area (TPSA) is 59.0 Å². The zero-order valence-electron chi connectivity index (χ0n) is 16.3. The van der Waals surface area contributed by atoms with Crippen LogP contribution in [0.5, 0.6) is 0 Å². The molecule has 1 aliphatic heterocycles. The van der Waals surface area contributed by atoms with Gasteiger partial charge in [-0.3, -0.25) is 4.79 Å². The minimum atomic E-state index is -0.199. The number of hydrogen-bond acceptors (Lipinski definition) is 3. The number of carbonyl (C=O) groups excluding carboxylic acids is 1. The van der Waals surface area contributed by atoms with Crippen LogP contribution >= 0.6 is 0 Å². The predicted octanol–water partition coefficient (Wildman–Crippen LogP) is 3.21. The second-order valence-corrected chi connectivity index (χ2v) is 8.34. The summed E-state index contributed by atoms with van der Waals surface area (Å²) in [5.74, 6) is 0.483. The number of nitrogens with one attached hydrogen (secondary N) is 2. The maximum atomic E-state index is 12.9. The van der Waals surface area contributed by atoms with Crippen LogP contribution in [0.1, 0.15) is 55.2 Å². The van der Waals surface area contributed by atoms with Crippen LogP contribution in [0.3, 0.4) is 0 Å². The molecule has 1 atom stereocenters. The van der Waals surface area contributed by atoms with E-state index in [0.717, 1.165) is 24.5 Å². The van der Waals surface area contributed by atoms with Crippen molar-refractivity contribution in [2.24, 2.45) is 5.92 Å². The van der Waals surface area contributed by atoms with Gasteiger partial charge in [-0.2, -0.15) is 5.10 Å². The van der Waals surface area contributed by atoms with E-state index in [1.807, 2.05) is 23.0 Å². The molecule has 5 heteroatoms. The maximum absolute atomic E-state index is 12.9. The summed E-state index contributed by atoms with van der Waals surface area (Å²) in [6.07, 6.45) is 4.21. The number of aryl methyl sites for hydroxylation is 1. The first kappa shape index (κ1) is 18.6. The number of benzene rings is 1. The van der Waals surface area contributed by atoms with E-state index in [2.05, 4.69) is 50.5 Å². The van der Waals surface area contributed by atoms with Crippen LogP contribution in [0.15, 0.2) is 30.5 Å². The molecule has 2 N–H and O–H groups in total. The molecule has 2 aromatic rings. The first-order valence-corrected chi connectivity index (χ1v) is 9.50. The minimum Gasteiger partial charge on any atom is -0.352 e. The van der Waals surface area contributed by atoms with E-state index in [0.29, 0.717) is 18.0 Å². The highest BCUT2D eigenvalue weighted by Gasteiger charge is 2.27. The Morgan fingerprint density at radius 2 is 2.04 bits per heavy atom. The third kappa shape index (κ3) is 4.33. The van der Waals surface area contributed by atoms with Crippen molar-refractivity contribution >= 4 is 5.91 Å². The van der Waals surface area contributed by atoms with Gasteiger partial charge < -0.3 is 10.6 Å². The molecule has 1 saturated heterocycles. The van der Waals surface area contributed by atoms with E-state index >= 15 is 0 Å². The number of carbonyl (C=O) groups is 1. The summed E-state index contributed by atoms with van der Waals surface area (Å²) in [5, 5.41) is 11.3. The largest absolute Gasteiger partial charge is 0.352 e. The molecule has 1 fully saturated rings. The minimum absolute atomic E-state index is 0.0288. The van der Waals surface area contributed by atoms with E-state index in [-0.39, 0.29) is 11.3 Å². The Balaban J connectivity index is 1.82. The second-order valence-electron chi connectivity index (χ2n) is 8.34. The standard InChI is InChI=1S/C21H30N4O/c1-15-7-9-17(10-8-15)25-14-18(19(24-25)21(2,3)4)20(26)23-13-16-6-5-11-22-12-16/h7-10,14,16,22H,5-6,11-13H2,1-4H3,(H,23,26). The van der Waals surface area contributed by atoms with Gasteiger partial charge in [-0.1, -0.05) is 38.5 Å². The van der Waals surface area contributed by atoms with Crippen molar-refractivity contribution in [3.05, 3.63) is 47.3 Å². The summed E-state index contributed by atoms with van der Waals surface area (Å²) in [4.78, 5) is 12.9. The van der Waals surface area contributed by atoms with Gasteiger partial charge in [-0.15, -0.1) is 0 Å². The highest BCUT2D eigenvalue weighted by atomic mass is 16.1. The summed E-state index contributed by atoms with van der Waals surface area (Å²) in [5.41, 5.74) is 3.47. The first-order chi connectivity index (χ1) is 12.3. The van der Waals surface area contributed by atoms with Gasteiger partial charge in [0.25, 0.3) is 5.91 Å². The maximum Gasteiger partial charge on any atom is 0.254 e. The SMILES string of the molecule is Cc1ccc(-n2cc(C(=O)NCC3CCCNC3)c(C(C)(C)C)n2)cc1. The van der Waals surface area contributed by atoms with Crippen LogP contribution in [-0.2, 0) is 5.41 Å². The summed E-state index contributed by atoms with van der Waals surface area (Å²) in [7, 11) is 0. The fourth-order valence-corrected chi connectivity index (χ4v) is 3.35. The van der Waals surface area contributed by atoms with E-state index < -0.39 is 0 Å². The summed E-state index contributed by atoms with van der Waals surface area (Å²) in [6, 6.07) is 8.18. The molecule has 1 aromatic carbocycles. The van der Waals surface area contributed by atoms with Crippen molar-refractivity contribution in [2.45, 2.75) is 46.0 Å². The lowest BCUT2D eigenvalue weighted by Gasteiger charge is -2.23. The third-order valence-electron chi connectivity index (χ3n) is 4.92. The zero-order chi connectivity index (χ0) is 18.7. The van der Waals surface area contributed by atoms with Crippen molar-refractivity contribution in [1.29, 1.82) is 0 Å². The van der Waals surface area contributed by atoms with Crippen LogP contribution in [0, 0.1) is 12.8 Å². The molecule has 0 aliphatic carbocycles. The van der Waals surface area contributed by atoms with Crippen molar-refractivity contribution in [2.75, 3.05) is 19.6 Å². The molecule has 1 amide bonds. The number of hydrogen-bond donors (Lipinski definition) is 2. The molecule has 26 heavy (non-hydrogen) atoms. The van der Waals surface area contributed by atoms with Crippen molar-refractivity contribution in [1.82, 2.24) is 20.4 Å². The summed E-state index contributed by atoms with van der Waals surface area (Å²) in [6.45, 7) is 11.1. The molecule has 0 bridgehead atoms. The Morgan fingerprint density at radius 3 is 2.65 bits per heavy atom. The van der Waals surface area contributed by atoms with Gasteiger partial charge in [-0.25, -0.2) is 4.68 Å². The number of nitrogens with zero attached hydrogens (tertiary/aromatic N) is 2. The van der Waals surface area contributed by atoms with E-state index in [9.17, 15) is 4.79 Å². The Kier molecular flexibility index (Phi) is 5.47. The van der Waals surface area contributed by atoms with Gasteiger partial charge in [0.1, 0.15) is 0 Å². The smallest absolute Gasteiger partial charge is 0.254 e. The normalized spacial score (nSPS) is 17.9. The Bertz CT molecular complexity index is 749. The molecule has 0 spiro atoms. The second kappa shape index (κ2) is 7.62. The molecule has 1 aromatic heterocycles. The molecule has 2 heterocycles. The van der Waals surface area contributed by atoms with E-state index in [1.165, 1.54) is 18.4 Å². The van der Waals surface area contributed by atoms with Gasteiger partial charge in [0.2, 0.25) is 0 Å². The van der Waals surface area contributed by atoms with Crippen LogP contribution in [-0.4, -0.2) is 35.3 Å². The number of aromatic nitrogens is 2. The van der Waals surface area contributed by atoms with Gasteiger partial charge in [0.05, 0.1) is 16.9 Å². The molecule has 0 saturated carbocycles. The molecule has 0 radical (unpaired) electrons. The third-order valence-corrected chi connectivity index (χ3v) is 4.92. The monoisotopic (exact) mass is 354 g/mol. The van der Waals surface area contributed by atoms with Gasteiger partial charge >= 0.3 is 0 Å². The lowest BCUT2D eigenvalue weighted by atomic mass is 9.89. The quantitative estimate of drug-likeness (QED) is 0.886. The fraction of sp³-hybridized carbons (Fsp3) is 0.524. The molecule has 140 valence electrons. The summed E-state index contributed by atoms with van der Waals surface area (Å²) >= 11 is 0. The highest BCUT2D eigenvalue weighted by molar-refractivity contribution is 5.95. The van der Waals surface area contributed by atoms with Crippen molar-refractivity contribution in [3.8, 4) is 5.69 Å². The Morgan fingerprint density at radius 1 is 1.31 bits per heavy atom. The van der Waals surface area contributed by atoms with E-state index in [4.69, 9.17) is 5.10 Å². The van der Waals surface area contributed by atoms with Crippen molar-refractivity contribution < 1.29 is 4.79 Å². The van der Waals surface area contributed by atoms with Gasteiger partial charge in [0.15, 0.2) is 0 Å². The van der Waals surface area contributed by atoms with Crippen LogP contribution in [0.2, 0.25) is 0 Å². The molecular formula is C21H30N4O. The lowest BCUT2D eigenvalue weighted by Crippen LogP contribution is -2.38. The average Bonchev–Trinajstić information content (AvgIpc) is 3.07. The lowest BCUT2D eigenvalue weighted by molar-refractivity contribution is 0.0942. The molecule has 1 aliphatic rings. The molecular weight excluding hydrogens is 324 g/mol. The first-order valence-electron chi connectivity index (χ1n) is 9.50. The summed E-state index contributed by atoms with van der Waals surface area (Å²) < 4.78 is 1.82. The van der Waals surface area contributed by atoms with Crippen LogP contribution in [0.25, 0.3) is 5.69 Å². The highest BCUT2D eigenvalue weighted by Crippen LogP contribution is 2.26. The Labute approximate surface area is 156 Å². The van der Waals surface area contributed by atoms with Crippen LogP contribution < -0.4 is 10.6 Å². The fourth-order valence-electron chi connectivity index (χ4n) is 3.35. The van der Waals surface area contributed by atoms with Crippen LogP contribution in [0.4, 0.5) is 0 Å². The van der Waals surface area contributed by atoms with Gasteiger partial charge in [-0.05, 0) is 50.9 Å². The Hall–Kier alpha value is -2.14. The number of rotatable bonds is 4. The van der Waals surface area contributed by atoms with Crippen molar-refractivity contribution in [3.63, 3.8) is 0 Å². The number of amides is 1. The molecule has 1 unspecified atom stereocenters. The predicted molar refractivity (Wildman–Crippen MR) is 105 cm³/mol. The molecule has 5 nitrogen and oxygen atoms in total.